The van der Waals surface area contributed by atoms with E-state index >= 15 is 0 Å². The average molecular weight is 223 g/mol. The lowest BCUT2D eigenvalue weighted by Gasteiger charge is -1.90. The van der Waals surface area contributed by atoms with Crippen LogP contribution in [0, 0.1) is 0 Å². The number of aromatic nitrogens is 3. The van der Waals surface area contributed by atoms with Crippen LogP contribution in [-0.4, -0.2) is 14.0 Å². The van der Waals surface area contributed by atoms with Crippen LogP contribution in [0.4, 0.5) is 0 Å². The third kappa shape index (κ3) is 1.80. The van der Waals surface area contributed by atoms with Crippen molar-refractivity contribution in [3.63, 3.8) is 0 Å². The number of rotatable bonds is 1. The van der Waals surface area contributed by atoms with Gasteiger partial charge in [-0.05, 0) is 0 Å². The lowest BCUT2D eigenvalue weighted by molar-refractivity contribution is 0.926. The molecule has 4 nitrogen and oxygen atoms in total. The van der Waals surface area contributed by atoms with Crippen LogP contribution < -0.4 is 5.73 Å². The van der Waals surface area contributed by atoms with Crippen molar-refractivity contribution in [2.75, 3.05) is 0 Å². The second kappa shape index (κ2) is 4.50. The van der Waals surface area contributed by atoms with Gasteiger partial charge in [-0.15, -0.1) is 24.8 Å². The maximum Gasteiger partial charge on any atom is 0.213 e. The summed E-state index contributed by atoms with van der Waals surface area (Å²) in [5, 5.41) is 0. The minimum Gasteiger partial charge on any atom is -0.325 e. The number of aryl methyl sites for hydroxylation is 1. The van der Waals surface area contributed by atoms with Gasteiger partial charge in [-0.1, -0.05) is 0 Å². The third-order valence-corrected chi connectivity index (χ3v) is 1.82. The molecule has 0 unspecified atom stereocenters. The molecule has 0 radical (unpaired) electrons. The summed E-state index contributed by atoms with van der Waals surface area (Å²) in [7, 11) is 1.96. The Kier molecular flexibility index (Phi) is 4.26. The molecule has 0 aliphatic carbocycles. The van der Waals surface area contributed by atoms with Gasteiger partial charge < -0.3 is 10.3 Å². The van der Waals surface area contributed by atoms with Gasteiger partial charge in [0.15, 0.2) is 0 Å². The summed E-state index contributed by atoms with van der Waals surface area (Å²) in [5.41, 5.74) is 6.54. The van der Waals surface area contributed by atoms with E-state index in [1.54, 1.807) is 6.20 Å². The zero-order chi connectivity index (χ0) is 7.84. The molecule has 6 heteroatoms. The lowest BCUT2D eigenvalue weighted by atomic mass is 10.5. The van der Waals surface area contributed by atoms with Crippen molar-refractivity contribution in [2.24, 2.45) is 12.8 Å². The number of hydrogen-bond donors (Lipinski definition) is 1. The van der Waals surface area contributed by atoms with E-state index in [9.17, 15) is 0 Å². The van der Waals surface area contributed by atoms with Crippen LogP contribution in [0.3, 0.4) is 0 Å². The number of imidazole rings is 2. The molecule has 2 heterocycles. The first kappa shape index (κ1) is 12.3. The molecule has 2 rings (SSSR count). The molecule has 0 saturated heterocycles. The Bertz CT molecular complexity index is 379. The van der Waals surface area contributed by atoms with Crippen molar-refractivity contribution in [3.05, 3.63) is 24.3 Å². The van der Waals surface area contributed by atoms with Crippen LogP contribution >= 0.6 is 24.8 Å². The third-order valence-electron chi connectivity index (χ3n) is 1.82. The quantitative estimate of drug-likeness (QED) is 0.783. The fourth-order valence-electron chi connectivity index (χ4n) is 1.19. The fraction of sp³-hybridized carbons (Fsp3) is 0.286. The number of halogens is 2. The highest BCUT2D eigenvalue weighted by atomic mass is 35.5. The van der Waals surface area contributed by atoms with Gasteiger partial charge in [0.05, 0.1) is 11.9 Å². The van der Waals surface area contributed by atoms with Gasteiger partial charge >= 0.3 is 0 Å². The first-order valence-corrected chi connectivity index (χ1v) is 3.50. The van der Waals surface area contributed by atoms with Gasteiger partial charge in [-0.2, -0.15) is 0 Å². The highest BCUT2D eigenvalue weighted by Gasteiger charge is 2.02. The summed E-state index contributed by atoms with van der Waals surface area (Å²) >= 11 is 0. The minimum absolute atomic E-state index is 0. The van der Waals surface area contributed by atoms with E-state index in [2.05, 4.69) is 4.98 Å². The van der Waals surface area contributed by atoms with Crippen LogP contribution in [0.2, 0.25) is 0 Å². The number of nitrogens with two attached hydrogens (primary N) is 1. The standard InChI is InChI=1S/C7H10N4.2ClH/c1-10-2-3-11-6(4-8)5-9-7(10)11;;/h2-3,5H,4,8H2,1H3;2*1H. The predicted molar refractivity (Wildman–Crippen MR) is 56.6 cm³/mol. The molecule has 74 valence electrons. The molecule has 0 amide bonds. The van der Waals surface area contributed by atoms with Crippen molar-refractivity contribution in [3.8, 4) is 0 Å². The Morgan fingerprint density at radius 1 is 1.38 bits per heavy atom. The van der Waals surface area contributed by atoms with Gasteiger partial charge in [0, 0.05) is 26.0 Å². The smallest absolute Gasteiger partial charge is 0.213 e. The van der Waals surface area contributed by atoms with Crippen molar-refractivity contribution < 1.29 is 0 Å². The molecule has 0 saturated carbocycles. The number of nitrogens with zero attached hydrogens (tertiary/aromatic N) is 3. The topological polar surface area (TPSA) is 48.2 Å². The van der Waals surface area contributed by atoms with Crippen LogP contribution in [0.1, 0.15) is 5.69 Å². The Labute approximate surface area is 88.6 Å². The summed E-state index contributed by atoms with van der Waals surface area (Å²) in [4.78, 5) is 4.19. The highest BCUT2D eigenvalue weighted by molar-refractivity contribution is 5.85. The van der Waals surface area contributed by atoms with E-state index in [1.807, 2.05) is 28.4 Å². The SMILES string of the molecule is Cl.Cl.Cn1ccn2c(CN)cnc12. The molecule has 0 fully saturated rings. The Hall–Kier alpha value is -0.710. The van der Waals surface area contributed by atoms with E-state index in [4.69, 9.17) is 5.73 Å². The van der Waals surface area contributed by atoms with Crippen LogP contribution in [0.15, 0.2) is 18.6 Å². The summed E-state index contributed by atoms with van der Waals surface area (Å²) in [6.45, 7) is 0.533. The first-order chi connectivity index (χ1) is 5.33. The molecular formula is C7H12Cl2N4. The van der Waals surface area contributed by atoms with Crippen molar-refractivity contribution in [1.82, 2.24) is 14.0 Å². The Morgan fingerprint density at radius 3 is 2.69 bits per heavy atom. The summed E-state index contributed by atoms with van der Waals surface area (Å²) in [6.07, 6.45) is 5.72. The Morgan fingerprint density at radius 2 is 2.08 bits per heavy atom. The number of fused-ring (bicyclic) bond motifs is 1. The van der Waals surface area contributed by atoms with Gasteiger partial charge in [0.2, 0.25) is 5.78 Å². The average Bonchev–Trinajstić information content (AvgIpc) is 2.53. The predicted octanol–water partition coefficient (Wildman–Crippen LogP) is 0.975. The normalized spacial score (nSPS) is 9.38. The fourth-order valence-corrected chi connectivity index (χ4v) is 1.19. The first-order valence-electron chi connectivity index (χ1n) is 3.50. The van der Waals surface area contributed by atoms with E-state index in [-0.39, 0.29) is 24.8 Å². The zero-order valence-corrected chi connectivity index (χ0v) is 8.81. The van der Waals surface area contributed by atoms with Gasteiger partial charge in [-0.25, -0.2) is 4.98 Å². The largest absolute Gasteiger partial charge is 0.325 e. The van der Waals surface area contributed by atoms with Crippen LogP contribution in [0.25, 0.3) is 5.78 Å². The zero-order valence-electron chi connectivity index (χ0n) is 7.17. The molecule has 2 aromatic rings. The summed E-state index contributed by atoms with van der Waals surface area (Å²) in [5.74, 6) is 0.936. The molecular weight excluding hydrogens is 211 g/mol. The Balaban J connectivity index is 0.000000720. The number of hydrogen-bond acceptors (Lipinski definition) is 2. The van der Waals surface area contributed by atoms with E-state index < -0.39 is 0 Å². The molecule has 0 spiro atoms. The maximum absolute atomic E-state index is 5.50. The van der Waals surface area contributed by atoms with Gasteiger partial charge in [0.1, 0.15) is 0 Å². The van der Waals surface area contributed by atoms with E-state index in [0.29, 0.717) is 6.54 Å². The second-order valence-electron chi connectivity index (χ2n) is 2.53. The molecule has 0 aliphatic rings. The molecule has 2 N–H and O–H groups in total. The minimum atomic E-state index is 0. The second-order valence-corrected chi connectivity index (χ2v) is 2.53. The van der Waals surface area contributed by atoms with E-state index in [0.717, 1.165) is 11.5 Å². The maximum atomic E-state index is 5.50. The molecule has 2 aromatic heterocycles. The van der Waals surface area contributed by atoms with Crippen molar-refractivity contribution in [2.45, 2.75) is 6.54 Å². The molecule has 13 heavy (non-hydrogen) atoms. The monoisotopic (exact) mass is 222 g/mol. The summed E-state index contributed by atoms with van der Waals surface area (Å²) in [6, 6.07) is 0. The van der Waals surface area contributed by atoms with Gasteiger partial charge in [-0.3, -0.25) is 4.40 Å². The van der Waals surface area contributed by atoms with Crippen LogP contribution in [0.5, 0.6) is 0 Å². The highest BCUT2D eigenvalue weighted by Crippen LogP contribution is 2.05. The van der Waals surface area contributed by atoms with Gasteiger partial charge in [0.25, 0.3) is 0 Å². The van der Waals surface area contributed by atoms with E-state index in [1.165, 1.54) is 0 Å². The molecule has 0 bridgehead atoms. The molecule has 0 atom stereocenters. The van der Waals surface area contributed by atoms with Crippen molar-refractivity contribution >= 4 is 30.6 Å². The van der Waals surface area contributed by atoms with Crippen LogP contribution in [-0.2, 0) is 13.6 Å². The molecule has 0 aromatic carbocycles. The molecule has 0 aliphatic heterocycles. The summed E-state index contributed by atoms with van der Waals surface area (Å²) < 4.78 is 3.94. The van der Waals surface area contributed by atoms with Crippen molar-refractivity contribution in [1.29, 1.82) is 0 Å². The lowest BCUT2D eigenvalue weighted by Crippen LogP contribution is -1.98.